The Balaban J connectivity index is 1.67. The molecule has 0 saturated carbocycles. The number of halogens is 2. The van der Waals surface area contributed by atoms with Crippen LogP contribution in [0.1, 0.15) is 23.5 Å². The number of pyridine rings is 1. The Labute approximate surface area is 183 Å². The Hall–Kier alpha value is -2.68. The lowest BCUT2D eigenvalue weighted by Gasteiger charge is -2.15. The molecule has 158 valence electrons. The molecule has 3 aromatic rings. The number of aliphatic imine (C=N–C) groups is 1. The van der Waals surface area contributed by atoms with E-state index in [2.05, 4.69) is 20.6 Å². The van der Waals surface area contributed by atoms with Crippen LogP contribution in [0.15, 0.2) is 59.7 Å². The number of benzene rings is 1. The second-order valence-corrected chi connectivity index (χ2v) is 8.01. The molecule has 0 fully saturated rings. The zero-order valence-electron chi connectivity index (χ0n) is 16.3. The van der Waals surface area contributed by atoms with Crippen molar-refractivity contribution < 1.29 is 14.2 Å². The van der Waals surface area contributed by atoms with Gasteiger partial charge >= 0.3 is 0 Å². The Bertz CT molecular complexity index is 998. The second kappa shape index (κ2) is 10.9. The van der Waals surface area contributed by atoms with Crippen molar-refractivity contribution in [1.29, 1.82) is 0 Å². The minimum Gasteiger partial charge on any atom is -0.439 e. The number of ether oxygens (including phenoxy) is 1. The molecule has 1 atom stereocenters. The van der Waals surface area contributed by atoms with Gasteiger partial charge in [0, 0.05) is 35.8 Å². The fourth-order valence-electron chi connectivity index (χ4n) is 2.59. The number of nitrogens with zero attached hydrogens (tertiary/aromatic N) is 2. The van der Waals surface area contributed by atoms with Crippen LogP contribution in [0.3, 0.4) is 0 Å². The predicted molar refractivity (Wildman–Crippen MR) is 118 cm³/mol. The molecule has 2 aromatic heterocycles. The Morgan fingerprint density at radius 3 is 2.87 bits per heavy atom. The molecule has 1 aromatic carbocycles. The smallest absolute Gasteiger partial charge is 0.224 e. The lowest BCUT2D eigenvalue weighted by atomic mass is 10.2. The van der Waals surface area contributed by atoms with Crippen molar-refractivity contribution in [2.24, 2.45) is 4.99 Å². The van der Waals surface area contributed by atoms with Gasteiger partial charge in [-0.05, 0) is 37.3 Å². The fourth-order valence-corrected chi connectivity index (χ4v) is 3.63. The van der Waals surface area contributed by atoms with Gasteiger partial charge in [-0.25, -0.2) is 14.4 Å². The predicted octanol–water partition coefficient (Wildman–Crippen LogP) is 4.52. The van der Waals surface area contributed by atoms with Crippen molar-refractivity contribution in [2.75, 3.05) is 13.1 Å². The molecule has 0 aliphatic carbocycles. The van der Waals surface area contributed by atoms with Crippen molar-refractivity contribution >= 4 is 28.9 Å². The van der Waals surface area contributed by atoms with Gasteiger partial charge in [0.2, 0.25) is 5.88 Å². The van der Waals surface area contributed by atoms with Gasteiger partial charge in [0.25, 0.3) is 0 Å². The van der Waals surface area contributed by atoms with Crippen molar-refractivity contribution in [3.8, 4) is 11.6 Å². The number of aliphatic hydroxyl groups is 1. The third kappa shape index (κ3) is 6.41. The van der Waals surface area contributed by atoms with Crippen LogP contribution in [-0.4, -0.2) is 29.1 Å². The number of rotatable bonds is 8. The highest BCUT2D eigenvalue weighted by molar-refractivity contribution is 7.16. The third-order valence-corrected chi connectivity index (χ3v) is 5.33. The summed E-state index contributed by atoms with van der Waals surface area (Å²) in [5.41, 5.74) is 0.740. The van der Waals surface area contributed by atoms with E-state index < -0.39 is 6.10 Å². The average molecular weight is 449 g/mol. The molecule has 0 amide bonds. The maximum absolute atomic E-state index is 13.4. The van der Waals surface area contributed by atoms with E-state index in [9.17, 15) is 9.50 Å². The molecule has 30 heavy (non-hydrogen) atoms. The standard InChI is InChI=1S/C21H22ClFN4O2S/c1-2-24-21(27-13-17(28)18-8-9-19(22)30-18)26-12-14-5-4-10-25-20(14)29-16-7-3-6-15(23)11-16/h3-11,17,28H,2,12-13H2,1H3,(H2,24,26,27). The Morgan fingerprint density at radius 1 is 1.27 bits per heavy atom. The van der Waals surface area contributed by atoms with Gasteiger partial charge in [-0.15, -0.1) is 11.3 Å². The lowest BCUT2D eigenvalue weighted by Crippen LogP contribution is -2.39. The van der Waals surface area contributed by atoms with Crippen LogP contribution in [0.5, 0.6) is 11.6 Å². The number of hydrogen-bond acceptors (Lipinski definition) is 5. The summed E-state index contributed by atoms with van der Waals surface area (Å²) < 4.78 is 19.8. The number of nitrogens with one attached hydrogen (secondary N) is 2. The van der Waals surface area contributed by atoms with Crippen LogP contribution < -0.4 is 15.4 Å². The third-order valence-electron chi connectivity index (χ3n) is 4.00. The van der Waals surface area contributed by atoms with Crippen molar-refractivity contribution in [3.63, 3.8) is 0 Å². The summed E-state index contributed by atoms with van der Waals surface area (Å²) in [5, 5.41) is 16.6. The van der Waals surface area contributed by atoms with E-state index in [1.165, 1.54) is 23.5 Å². The number of aromatic nitrogens is 1. The lowest BCUT2D eigenvalue weighted by molar-refractivity contribution is 0.184. The number of hydrogen-bond donors (Lipinski definition) is 3. The van der Waals surface area contributed by atoms with Crippen LogP contribution in [0.4, 0.5) is 4.39 Å². The van der Waals surface area contributed by atoms with Gasteiger partial charge in [0.1, 0.15) is 17.7 Å². The highest BCUT2D eigenvalue weighted by atomic mass is 35.5. The Morgan fingerprint density at radius 2 is 2.13 bits per heavy atom. The zero-order valence-corrected chi connectivity index (χ0v) is 17.9. The zero-order chi connectivity index (χ0) is 21.3. The number of guanidine groups is 1. The first-order valence-electron chi connectivity index (χ1n) is 9.38. The monoisotopic (exact) mass is 448 g/mol. The van der Waals surface area contributed by atoms with Crippen LogP contribution >= 0.6 is 22.9 Å². The molecule has 0 bridgehead atoms. The molecular weight excluding hydrogens is 427 g/mol. The first-order chi connectivity index (χ1) is 14.5. The summed E-state index contributed by atoms with van der Waals surface area (Å²) in [4.78, 5) is 9.56. The summed E-state index contributed by atoms with van der Waals surface area (Å²) in [6, 6.07) is 13.1. The first-order valence-corrected chi connectivity index (χ1v) is 10.6. The molecular formula is C21H22ClFN4O2S. The average Bonchev–Trinajstić information content (AvgIpc) is 3.17. The van der Waals surface area contributed by atoms with Gasteiger partial charge in [-0.1, -0.05) is 23.7 Å². The van der Waals surface area contributed by atoms with Gasteiger partial charge in [-0.3, -0.25) is 0 Å². The fraction of sp³-hybridized carbons (Fsp3) is 0.238. The van der Waals surface area contributed by atoms with Gasteiger partial charge in [-0.2, -0.15) is 0 Å². The summed E-state index contributed by atoms with van der Waals surface area (Å²) in [6.07, 6.45) is 0.907. The van der Waals surface area contributed by atoms with Gasteiger partial charge < -0.3 is 20.5 Å². The molecule has 6 nitrogen and oxygen atoms in total. The summed E-state index contributed by atoms with van der Waals surface area (Å²) in [6.45, 7) is 3.18. The maximum Gasteiger partial charge on any atom is 0.224 e. The molecule has 0 saturated heterocycles. The van der Waals surface area contributed by atoms with Crippen molar-refractivity contribution in [3.05, 3.63) is 75.3 Å². The molecule has 0 spiro atoms. The van der Waals surface area contributed by atoms with E-state index in [1.54, 1.807) is 36.5 Å². The largest absolute Gasteiger partial charge is 0.439 e. The van der Waals surface area contributed by atoms with E-state index in [0.717, 1.165) is 10.4 Å². The van der Waals surface area contributed by atoms with Gasteiger partial charge in [0.05, 0.1) is 10.9 Å². The summed E-state index contributed by atoms with van der Waals surface area (Å²) in [5.74, 6) is 0.879. The van der Waals surface area contributed by atoms with E-state index in [0.29, 0.717) is 28.5 Å². The topological polar surface area (TPSA) is 78.8 Å². The minimum absolute atomic E-state index is 0.280. The number of aliphatic hydroxyl groups excluding tert-OH is 1. The quantitative estimate of drug-likeness (QED) is 0.349. The van der Waals surface area contributed by atoms with E-state index >= 15 is 0 Å². The molecule has 3 N–H and O–H groups in total. The first kappa shape index (κ1) is 22.0. The molecule has 2 heterocycles. The normalized spacial score (nSPS) is 12.5. The molecule has 3 rings (SSSR count). The minimum atomic E-state index is -0.698. The van der Waals surface area contributed by atoms with E-state index in [1.807, 2.05) is 13.0 Å². The van der Waals surface area contributed by atoms with E-state index in [-0.39, 0.29) is 18.9 Å². The summed E-state index contributed by atoms with van der Waals surface area (Å²) in [7, 11) is 0. The molecule has 0 aliphatic heterocycles. The van der Waals surface area contributed by atoms with E-state index in [4.69, 9.17) is 16.3 Å². The number of thiophene rings is 1. The summed E-state index contributed by atoms with van der Waals surface area (Å²) >= 11 is 7.27. The SMILES string of the molecule is CCNC(=NCc1cccnc1Oc1cccc(F)c1)NCC(O)c1ccc(Cl)s1. The maximum atomic E-state index is 13.4. The second-order valence-electron chi connectivity index (χ2n) is 6.26. The molecule has 9 heteroatoms. The Kier molecular flexibility index (Phi) is 8.01. The van der Waals surface area contributed by atoms with Gasteiger partial charge in [0.15, 0.2) is 5.96 Å². The molecule has 0 radical (unpaired) electrons. The molecule has 0 aliphatic rings. The highest BCUT2D eigenvalue weighted by Gasteiger charge is 2.12. The van der Waals surface area contributed by atoms with Crippen LogP contribution in [0.25, 0.3) is 0 Å². The van der Waals surface area contributed by atoms with Crippen LogP contribution in [-0.2, 0) is 6.54 Å². The highest BCUT2D eigenvalue weighted by Crippen LogP contribution is 2.26. The van der Waals surface area contributed by atoms with Crippen LogP contribution in [0.2, 0.25) is 4.34 Å². The molecule has 1 unspecified atom stereocenters. The van der Waals surface area contributed by atoms with Crippen molar-refractivity contribution in [1.82, 2.24) is 15.6 Å². The van der Waals surface area contributed by atoms with Crippen LogP contribution in [0, 0.1) is 5.82 Å². The van der Waals surface area contributed by atoms with Crippen molar-refractivity contribution in [2.45, 2.75) is 19.6 Å².